The lowest BCUT2D eigenvalue weighted by Gasteiger charge is -2.16. The standard InChI is InChI=1S/C25H20N2O4/c1-16(31-25(30)20-15-23(28)26-22-14-8-6-12-19(20)22)24(29)27-21-13-7-5-11-18(21)17-9-3-2-4-10-17/h2-16H,1H3,(H,26,28)(H,27,29)/t16-/m1/s1. The molecule has 0 saturated carbocycles. The van der Waals surface area contributed by atoms with Gasteiger partial charge in [0.15, 0.2) is 6.10 Å². The molecule has 0 aliphatic heterocycles. The van der Waals surface area contributed by atoms with Crippen molar-refractivity contribution in [3.05, 3.63) is 101 Å². The highest BCUT2D eigenvalue weighted by atomic mass is 16.5. The Morgan fingerprint density at radius 1 is 0.903 bits per heavy atom. The second kappa shape index (κ2) is 8.67. The molecule has 0 aliphatic carbocycles. The number of carbonyl (C=O) groups excluding carboxylic acids is 2. The summed E-state index contributed by atoms with van der Waals surface area (Å²) in [7, 11) is 0. The van der Waals surface area contributed by atoms with E-state index >= 15 is 0 Å². The van der Waals surface area contributed by atoms with E-state index in [0.717, 1.165) is 11.1 Å². The molecule has 154 valence electrons. The molecule has 6 heteroatoms. The van der Waals surface area contributed by atoms with E-state index in [-0.39, 0.29) is 5.56 Å². The third-order valence-electron chi connectivity index (χ3n) is 4.89. The molecule has 31 heavy (non-hydrogen) atoms. The summed E-state index contributed by atoms with van der Waals surface area (Å²) in [6.45, 7) is 1.49. The number of anilines is 1. The first kappa shape index (κ1) is 20.1. The molecule has 0 spiro atoms. The van der Waals surface area contributed by atoms with Crippen LogP contribution in [0.4, 0.5) is 5.69 Å². The van der Waals surface area contributed by atoms with Gasteiger partial charge in [-0.3, -0.25) is 9.59 Å². The van der Waals surface area contributed by atoms with Crippen molar-refractivity contribution in [2.45, 2.75) is 13.0 Å². The third kappa shape index (κ3) is 4.38. The van der Waals surface area contributed by atoms with Crippen molar-refractivity contribution in [3.8, 4) is 11.1 Å². The second-order valence-corrected chi connectivity index (χ2v) is 7.04. The van der Waals surface area contributed by atoms with E-state index in [2.05, 4.69) is 10.3 Å². The number of amides is 1. The zero-order valence-electron chi connectivity index (χ0n) is 16.8. The largest absolute Gasteiger partial charge is 0.449 e. The highest BCUT2D eigenvalue weighted by Gasteiger charge is 2.22. The van der Waals surface area contributed by atoms with Gasteiger partial charge in [-0.05, 0) is 24.6 Å². The minimum Gasteiger partial charge on any atom is -0.449 e. The molecule has 0 bridgehead atoms. The van der Waals surface area contributed by atoms with E-state index < -0.39 is 23.5 Å². The summed E-state index contributed by atoms with van der Waals surface area (Å²) < 4.78 is 5.38. The monoisotopic (exact) mass is 412 g/mol. The molecule has 4 aromatic rings. The van der Waals surface area contributed by atoms with Gasteiger partial charge in [0.1, 0.15) is 0 Å². The average molecular weight is 412 g/mol. The van der Waals surface area contributed by atoms with Gasteiger partial charge in [-0.25, -0.2) is 4.79 Å². The molecular weight excluding hydrogens is 392 g/mol. The molecule has 0 unspecified atom stereocenters. The molecule has 1 atom stereocenters. The summed E-state index contributed by atoms with van der Waals surface area (Å²) in [5, 5.41) is 3.38. The minimum atomic E-state index is -1.06. The van der Waals surface area contributed by atoms with Gasteiger partial charge >= 0.3 is 5.97 Å². The van der Waals surface area contributed by atoms with Crippen LogP contribution >= 0.6 is 0 Å². The van der Waals surface area contributed by atoms with Crippen LogP contribution in [0.1, 0.15) is 17.3 Å². The summed E-state index contributed by atoms with van der Waals surface area (Å²) in [4.78, 5) is 40.0. The lowest BCUT2D eigenvalue weighted by atomic mass is 10.0. The van der Waals surface area contributed by atoms with E-state index in [4.69, 9.17) is 4.74 Å². The number of fused-ring (bicyclic) bond motifs is 1. The number of pyridine rings is 1. The lowest BCUT2D eigenvalue weighted by Crippen LogP contribution is -2.30. The fourth-order valence-corrected chi connectivity index (χ4v) is 3.35. The maximum atomic E-state index is 12.7. The number of aromatic amines is 1. The number of H-pyrrole nitrogens is 1. The molecule has 3 aromatic carbocycles. The van der Waals surface area contributed by atoms with Crippen LogP contribution in [0, 0.1) is 0 Å². The maximum Gasteiger partial charge on any atom is 0.339 e. The number of para-hydroxylation sites is 2. The molecular formula is C25H20N2O4. The van der Waals surface area contributed by atoms with Crippen molar-refractivity contribution in [2.75, 3.05) is 5.32 Å². The number of hydrogen-bond donors (Lipinski definition) is 2. The van der Waals surface area contributed by atoms with E-state index in [1.54, 1.807) is 30.3 Å². The van der Waals surface area contributed by atoms with Gasteiger partial charge in [0.05, 0.1) is 5.56 Å². The number of hydrogen-bond acceptors (Lipinski definition) is 4. The Kier molecular flexibility index (Phi) is 5.62. The van der Waals surface area contributed by atoms with Crippen molar-refractivity contribution >= 4 is 28.5 Å². The summed E-state index contributed by atoms with van der Waals surface area (Å²) in [5.41, 5.74) is 2.65. The summed E-state index contributed by atoms with van der Waals surface area (Å²) in [5.74, 6) is -1.20. The Morgan fingerprint density at radius 3 is 2.39 bits per heavy atom. The van der Waals surface area contributed by atoms with Crippen LogP contribution < -0.4 is 10.9 Å². The molecule has 0 radical (unpaired) electrons. The molecule has 1 amide bonds. The van der Waals surface area contributed by atoms with Crippen molar-refractivity contribution in [1.29, 1.82) is 0 Å². The first-order valence-electron chi connectivity index (χ1n) is 9.81. The Bertz CT molecular complexity index is 1310. The number of ether oxygens (including phenoxy) is 1. The number of carbonyl (C=O) groups is 2. The number of aromatic nitrogens is 1. The highest BCUT2D eigenvalue weighted by molar-refractivity contribution is 6.05. The summed E-state index contributed by atoms with van der Waals surface area (Å²) >= 11 is 0. The fourth-order valence-electron chi connectivity index (χ4n) is 3.35. The fraction of sp³-hybridized carbons (Fsp3) is 0.0800. The Balaban J connectivity index is 1.53. The average Bonchev–Trinajstić information content (AvgIpc) is 2.79. The van der Waals surface area contributed by atoms with Crippen LogP contribution in [0.25, 0.3) is 22.0 Å². The lowest BCUT2D eigenvalue weighted by molar-refractivity contribution is -0.123. The molecule has 4 rings (SSSR count). The SMILES string of the molecule is C[C@@H](OC(=O)c1cc(=O)[nH]c2ccccc12)C(=O)Nc1ccccc1-c1ccccc1. The van der Waals surface area contributed by atoms with E-state index in [1.165, 1.54) is 13.0 Å². The second-order valence-electron chi connectivity index (χ2n) is 7.04. The molecule has 1 heterocycles. The molecule has 1 aromatic heterocycles. The van der Waals surface area contributed by atoms with Crippen LogP contribution in [0.2, 0.25) is 0 Å². The molecule has 2 N–H and O–H groups in total. The van der Waals surface area contributed by atoms with Crippen molar-refractivity contribution in [2.24, 2.45) is 0 Å². The Hall–Kier alpha value is -4.19. The van der Waals surface area contributed by atoms with Gasteiger partial charge < -0.3 is 15.0 Å². The molecule has 0 aliphatic rings. The summed E-state index contributed by atoms with van der Waals surface area (Å²) in [6, 6.07) is 25.2. The zero-order chi connectivity index (χ0) is 21.8. The third-order valence-corrected chi connectivity index (χ3v) is 4.89. The Labute approximate surface area is 178 Å². The van der Waals surface area contributed by atoms with Crippen LogP contribution in [0.5, 0.6) is 0 Å². The minimum absolute atomic E-state index is 0.115. The van der Waals surface area contributed by atoms with Crippen LogP contribution in [-0.2, 0) is 9.53 Å². The molecule has 0 saturated heterocycles. The first-order valence-corrected chi connectivity index (χ1v) is 9.81. The molecule has 6 nitrogen and oxygen atoms in total. The first-order chi connectivity index (χ1) is 15.0. The quantitative estimate of drug-likeness (QED) is 0.476. The van der Waals surface area contributed by atoms with Crippen LogP contribution in [0.15, 0.2) is 89.7 Å². The number of esters is 1. The van der Waals surface area contributed by atoms with Crippen LogP contribution in [-0.4, -0.2) is 23.0 Å². The highest BCUT2D eigenvalue weighted by Crippen LogP contribution is 2.27. The van der Waals surface area contributed by atoms with E-state index in [1.807, 2.05) is 48.5 Å². The van der Waals surface area contributed by atoms with Gasteiger partial charge in [0.2, 0.25) is 5.56 Å². The van der Waals surface area contributed by atoms with Gasteiger partial charge in [0, 0.05) is 28.2 Å². The van der Waals surface area contributed by atoms with E-state index in [0.29, 0.717) is 16.6 Å². The smallest absolute Gasteiger partial charge is 0.339 e. The van der Waals surface area contributed by atoms with Crippen molar-refractivity contribution in [3.63, 3.8) is 0 Å². The number of nitrogens with one attached hydrogen (secondary N) is 2. The van der Waals surface area contributed by atoms with Crippen LogP contribution in [0.3, 0.4) is 0 Å². The zero-order valence-corrected chi connectivity index (χ0v) is 16.8. The summed E-state index contributed by atoms with van der Waals surface area (Å²) in [6.07, 6.45) is -1.06. The van der Waals surface area contributed by atoms with Crippen molar-refractivity contribution < 1.29 is 14.3 Å². The number of rotatable bonds is 5. The van der Waals surface area contributed by atoms with E-state index in [9.17, 15) is 14.4 Å². The van der Waals surface area contributed by atoms with Gasteiger partial charge in [0.25, 0.3) is 5.91 Å². The van der Waals surface area contributed by atoms with Gasteiger partial charge in [-0.1, -0.05) is 66.7 Å². The topological polar surface area (TPSA) is 88.3 Å². The Morgan fingerprint density at radius 2 is 1.58 bits per heavy atom. The predicted octanol–water partition coefficient (Wildman–Crippen LogP) is 4.38. The predicted molar refractivity (Wildman–Crippen MR) is 120 cm³/mol. The van der Waals surface area contributed by atoms with Gasteiger partial charge in [-0.2, -0.15) is 0 Å². The van der Waals surface area contributed by atoms with Gasteiger partial charge in [-0.15, -0.1) is 0 Å². The normalized spacial score (nSPS) is 11.6. The maximum absolute atomic E-state index is 12.7. The molecule has 0 fully saturated rings. The number of benzene rings is 3. The van der Waals surface area contributed by atoms with Crippen molar-refractivity contribution in [1.82, 2.24) is 4.98 Å².